The largest absolute Gasteiger partial charge is 0.390 e. The van der Waals surface area contributed by atoms with Crippen LogP contribution < -0.4 is 10.6 Å². The molecule has 0 radical (unpaired) electrons. The minimum absolute atomic E-state index is 0.185. The van der Waals surface area contributed by atoms with Crippen LogP contribution in [0.4, 0.5) is 0 Å². The maximum atomic E-state index is 12.9. The number of nitrogens with zero attached hydrogens (tertiary/aromatic N) is 1. The first-order valence-electron chi connectivity index (χ1n) is 12.3. The van der Waals surface area contributed by atoms with Crippen LogP contribution in [-0.2, 0) is 11.3 Å². The predicted molar refractivity (Wildman–Crippen MR) is 131 cm³/mol. The van der Waals surface area contributed by atoms with Crippen molar-refractivity contribution in [1.29, 1.82) is 0 Å². The van der Waals surface area contributed by atoms with Gasteiger partial charge in [-0.15, -0.1) is 0 Å². The zero-order chi connectivity index (χ0) is 24.5. The molecule has 0 spiro atoms. The molecule has 33 heavy (non-hydrogen) atoms. The Hall–Kier alpha value is -1.96. The van der Waals surface area contributed by atoms with Crippen LogP contribution in [0.3, 0.4) is 0 Å². The molecule has 7 nitrogen and oxygen atoms in total. The maximum Gasteiger partial charge on any atom is 0.251 e. The molecule has 1 heterocycles. The molecule has 1 aromatic carbocycles. The highest BCUT2D eigenvalue weighted by molar-refractivity contribution is 5.94. The van der Waals surface area contributed by atoms with E-state index in [0.717, 1.165) is 19.6 Å². The summed E-state index contributed by atoms with van der Waals surface area (Å²) in [4.78, 5) is 27.7. The first kappa shape index (κ1) is 27.3. The maximum absolute atomic E-state index is 12.9. The number of hydrogen-bond acceptors (Lipinski definition) is 5. The zero-order valence-corrected chi connectivity index (χ0v) is 20.9. The zero-order valence-electron chi connectivity index (χ0n) is 20.9. The van der Waals surface area contributed by atoms with Gasteiger partial charge in [-0.05, 0) is 61.9 Å². The molecular weight excluding hydrogens is 418 g/mol. The van der Waals surface area contributed by atoms with E-state index >= 15 is 0 Å². The second-order valence-electron chi connectivity index (χ2n) is 10.3. The fourth-order valence-electron chi connectivity index (χ4n) is 4.16. The Morgan fingerprint density at radius 3 is 2.09 bits per heavy atom. The van der Waals surface area contributed by atoms with Crippen molar-refractivity contribution in [3.8, 4) is 0 Å². The molecule has 1 aliphatic rings. The lowest BCUT2D eigenvalue weighted by atomic mass is 9.89. The molecule has 0 unspecified atom stereocenters. The normalized spacial score (nSPS) is 18.2. The Labute approximate surface area is 198 Å². The molecule has 4 N–H and O–H groups in total. The number of hydrogen-bond donors (Lipinski definition) is 4. The van der Waals surface area contributed by atoms with Crippen LogP contribution in [-0.4, -0.2) is 64.8 Å². The van der Waals surface area contributed by atoms with Gasteiger partial charge >= 0.3 is 0 Å². The van der Waals surface area contributed by atoms with E-state index < -0.39 is 24.2 Å². The predicted octanol–water partition coefficient (Wildman–Crippen LogP) is 2.56. The van der Waals surface area contributed by atoms with E-state index in [0.29, 0.717) is 18.5 Å². The quantitative estimate of drug-likeness (QED) is 0.383. The third-order valence-electron chi connectivity index (χ3n) is 6.24. The Kier molecular flexibility index (Phi) is 10.8. The number of likely N-dealkylation sites (tertiary alicyclic amines) is 1. The summed E-state index contributed by atoms with van der Waals surface area (Å²) in [5, 5.41) is 27.3. The molecule has 4 atom stereocenters. The molecule has 0 saturated carbocycles. The van der Waals surface area contributed by atoms with Crippen molar-refractivity contribution in [2.75, 3.05) is 19.6 Å². The Balaban J connectivity index is 2.01. The third-order valence-corrected chi connectivity index (χ3v) is 6.24. The Morgan fingerprint density at radius 2 is 1.55 bits per heavy atom. The van der Waals surface area contributed by atoms with Crippen LogP contribution in [0.5, 0.6) is 0 Å². The van der Waals surface area contributed by atoms with Crippen molar-refractivity contribution in [2.45, 2.75) is 78.7 Å². The van der Waals surface area contributed by atoms with Crippen LogP contribution in [0.2, 0.25) is 0 Å². The van der Waals surface area contributed by atoms with Gasteiger partial charge in [0.15, 0.2) is 0 Å². The van der Waals surface area contributed by atoms with E-state index in [1.165, 1.54) is 18.4 Å². The molecule has 2 amide bonds. The lowest BCUT2D eigenvalue weighted by molar-refractivity contribution is -0.132. The monoisotopic (exact) mass is 461 g/mol. The number of nitrogens with one attached hydrogen (secondary N) is 2. The van der Waals surface area contributed by atoms with Crippen molar-refractivity contribution < 1.29 is 19.8 Å². The number of carbonyl (C=O) groups is 2. The average molecular weight is 462 g/mol. The fourth-order valence-corrected chi connectivity index (χ4v) is 4.16. The number of aliphatic hydroxyl groups is 2. The van der Waals surface area contributed by atoms with Crippen LogP contribution in [0, 0.1) is 17.8 Å². The summed E-state index contributed by atoms with van der Waals surface area (Å²) >= 11 is 0. The van der Waals surface area contributed by atoms with E-state index in [-0.39, 0.29) is 23.7 Å². The third kappa shape index (κ3) is 8.72. The van der Waals surface area contributed by atoms with E-state index in [1.807, 2.05) is 39.8 Å². The molecule has 0 bridgehead atoms. The van der Waals surface area contributed by atoms with Gasteiger partial charge < -0.3 is 20.8 Å². The lowest BCUT2D eigenvalue weighted by Gasteiger charge is -2.31. The number of amides is 2. The van der Waals surface area contributed by atoms with Gasteiger partial charge in [-0.1, -0.05) is 46.8 Å². The number of carbonyl (C=O) groups excluding carboxylic acids is 2. The summed E-state index contributed by atoms with van der Waals surface area (Å²) in [5.41, 5.74) is 1.68. The van der Waals surface area contributed by atoms with E-state index in [9.17, 15) is 19.8 Å². The van der Waals surface area contributed by atoms with Crippen molar-refractivity contribution in [3.05, 3.63) is 35.4 Å². The molecule has 1 aliphatic heterocycles. The fraction of sp³-hybridized carbons (Fsp3) is 0.692. The van der Waals surface area contributed by atoms with E-state index in [4.69, 9.17) is 0 Å². The highest BCUT2D eigenvalue weighted by Crippen LogP contribution is 2.18. The standard InChI is InChI=1S/C26H43N3O4/c1-17(2)14-22(24(31)23(30)19(5)25(32)27-15-18(3)4)28-26(33)21-10-8-20(9-11-21)16-29-12-6-7-13-29/h8-11,17-19,22-24,30-31H,6-7,12-16H2,1-5H3,(H,27,32)(H,28,33)/t19-,22+,23-,24-/m1/s1. The highest BCUT2D eigenvalue weighted by Gasteiger charge is 2.34. The molecule has 2 rings (SSSR count). The van der Waals surface area contributed by atoms with Crippen molar-refractivity contribution in [3.63, 3.8) is 0 Å². The Bertz CT molecular complexity index is 744. The van der Waals surface area contributed by atoms with Crippen molar-refractivity contribution in [1.82, 2.24) is 15.5 Å². The minimum Gasteiger partial charge on any atom is -0.390 e. The minimum atomic E-state index is -1.29. The molecule has 0 aliphatic carbocycles. The van der Waals surface area contributed by atoms with Crippen LogP contribution in [0.25, 0.3) is 0 Å². The van der Waals surface area contributed by atoms with Gasteiger partial charge in [0, 0.05) is 18.7 Å². The number of benzene rings is 1. The van der Waals surface area contributed by atoms with Crippen molar-refractivity contribution in [2.24, 2.45) is 17.8 Å². The van der Waals surface area contributed by atoms with E-state index in [1.54, 1.807) is 19.1 Å². The smallest absolute Gasteiger partial charge is 0.251 e. The average Bonchev–Trinajstić information content (AvgIpc) is 3.28. The summed E-state index contributed by atoms with van der Waals surface area (Å²) < 4.78 is 0. The van der Waals surface area contributed by atoms with Crippen molar-refractivity contribution >= 4 is 11.8 Å². The van der Waals surface area contributed by atoms with Gasteiger partial charge in [-0.3, -0.25) is 14.5 Å². The van der Waals surface area contributed by atoms with Crippen LogP contribution in [0.1, 0.15) is 69.8 Å². The number of aliphatic hydroxyl groups excluding tert-OH is 2. The molecule has 1 aromatic rings. The summed E-state index contributed by atoms with van der Waals surface area (Å²) in [7, 11) is 0. The summed E-state index contributed by atoms with van der Waals surface area (Å²) in [5.74, 6) is -0.923. The summed E-state index contributed by atoms with van der Waals surface area (Å²) in [6.07, 6.45) is 0.417. The highest BCUT2D eigenvalue weighted by atomic mass is 16.3. The Morgan fingerprint density at radius 1 is 0.939 bits per heavy atom. The topological polar surface area (TPSA) is 102 Å². The van der Waals surface area contributed by atoms with Gasteiger partial charge in [0.2, 0.25) is 5.91 Å². The van der Waals surface area contributed by atoms with Gasteiger partial charge in [0.25, 0.3) is 5.91 Å². The van der Waals surface area contributed by atoms with Crippen LogP contribution in [0.15, 0.2) is 24.3 Å². The lowest BCUT2D eigenvalue weighted by Crippen LogP contribution is -2.53. The van der Waals surface area contributed by atoms with Gasteiger partial charge in [-0.25, -0.2) is 0 Å². The molecule has 7 heteroatoms. The van der Waals surface area contributed by atoms with Gasteiger partial charge in [-0.2, -0.15) is 0 Å². The second kappa shape index (κ2) is 13.1. The van der Waals surface area contributed by atoms with E-state index in [2.05, 4.69) is 15.5 Å². The molecule has 186 valence electrons. The molecule has 1 saturated heterocycles. The van der Waals surface area contributed by atoms with Gasteiger partial charge in [0.05, 0.1) is 18.1 Å². The summed E-state index contributed by atoms with van der Waals surface area (Å²) in [6.45, 7) is 13.2. The molecular formula is C26H43N3O4. The molecule has 1 fully saturated rings. The first-order chi connectivity index (χ1) is 15.6. The van der Waals surface area contributed by atoms with Gasteiger partial charge in [0.1, 0.15) is 6.10 Å². The number of rotatable bonds is 12. The first-order valence-corrected chi connectivity index (χ1v) is 12.3. The van der Waals surface area contributed by atoms with Crippen LogP contribution >= 0.6 is 0 Å². The second-order valence-corrected chi connectivity index (χ2v) is 10.3. The SMILES string of the molecule is CC(C)CNC(=O)[C@H](C)[C@@H](O)[C@H](O)[C@H](CC(C)C)NC(=O)c1ccc(CN2CCCC2)cc1. The summed E-state index contributed by atoms with van der Waals surface area (Å²) in [6, 6.07) is 6.88. The molecule has 0 aromatic heterocycles.